The highest BCUT2D eigenvalue weighted by atomic mass is 16.6. The van der Waals surface area contributed by atoms with Crippen LogP contribution in [0.3, 0.4) is 0 Å². The maximum absolute atomic E-state index is 12.2. The lowest BCUT2D eigenvalue weighted by molar-refractivity contribution is -0.144. The summed E-state index contributed by atoms with van der Waals surface area (Å²) in [6.45, 7) is 5.35. The summed E-state index contributed by atoms with van der Waals surface area (Å²) in [5.41, 5.74) is 0.880. The van der Waals surface area contributed by atoms with Crippen LogP contribution in [0, 0.1) is 0 Å². The summed E-state index contributed by atoms with van der Waals surface area (Å²) in [6.07, 6.45) is 0.240. The van der Waals surface area contributed by atoms with Gasteiger partial charge in [0.2, 0.25) is 0 Å². The second-order valence-electron chi connectivity index (χ2n) is 6.31. The molecular weight excluding hydrogens is 394 g/mol. The van der Waals surface area contributed by atoms with Crippen LogP contribution < -0.4 is 0 Å². The molecule has 0 aliphatic carbocycles. The van der Waals surface area contributed by atoms with Crippen molar-refractivity contribution in [1.82, 2.24) is 4.90 Å². The summed E-state index contributed by atoms with van der Waals surface area (Å²) in [5.74, 6) is -0.826. The molecule has 1 aliphatic rings. The van der Waals surface area contributed by atoms with E-state index in [4.69, 9.17) is 23.7 Å². The van der Waals surface area contributed by atoms with Crippen molar-refractivity contribution in [2.24, 2.45) is 0 Å². The van der Waals surface area contributed by atoms with E-state index in [1.54, 1.807) is 31.2 Å². The molecule has 0 fully saturated rings. The lowest BCUT2D eigenvalue weighted by atomic mass is 10.1. The minimum atomic E-state index is -0.280. The summed E-state index contributed by atoms with van der Waals surface area (Å²) in [7, 11) is 0. The monoisotopic (exact) mass is 423 g/mol. The van der Waals surface area contributed by atoms with Crippen LogP contribution in [0.1, 0.15) is 34.1 Å². The molecule has 1 aromatic rings. The Bertz CT molecular complexity index is 658. The Morgan fingerprint density at radius 1 is 0.767 bits per heavy atom. The Balaban J connectivity index is 1.38. The number of rotatable bonds is 16. The van der Waals surface area contributed by atoms with Crippen LogP contribution in [0.4, 0.5) is 0 Å². The van der Waals surface area contributed by atoms with Gasteiger partial charge in [-0.05, 0) is 19.1 Å². The quantitative estimate of drug-likeness (QED) is 0.223. The van der Waals surface area contributed by atoms with Gasteiger partial charge in [-0.15, -0.1) is 0 Å². The fraction of sp³-hybridized carbons (Fsp3) is 0.571. The van der Waals surface area contributed by atoms with Crippen LogP contribution in [0.15, 0.2) is 24.3 Å². The Morgan fingerprint density at radius 2 is 1.23 bits per heavy atom. The van der Waals surface area contributed by atoms with Gasteiger partial charge in [0.05, 0.1) is 83.6 Å². The number of benzene rings is 1. The number of imide groups is 1. The molecule has 0 N–H and O–H groups in total. The van der Waals surface area contributed by atoms with Gasteiger partial charge >= 0.3 is 5.97 Å². The first-order valence-corrected chi connectivity index (χ1v) is 10.1. The number of esters is 1. The normalized spacial score (nSPS) is 13.0. The summed E-state index contributed by atoms with van der Waals surface area (Å²) < 4.78 is 26.2. The van der Waals surface area contributed by atoms with Gasteiger partial charge in [0.25, 0.3) is 11.8 Å². The minimum absolute atomic E-state index is 0.214. The van der Waals surface area contributed by atoms with Gasteiger partial charge in [0.1, 0.15) is 0 Å². The maximum Gasteiger partial charge on any atom is 0.308 e. The van der Waals surface area contributed by atoms with Crippen LogP contribution in [-0.4, -0.2) is 88.7 Å². The fourth-order valence-corrected chi connectivity index (χ4v) is 2.75. The highest BCUT2D eigenvalue weighted by Gasteiger charge is 2.34. The number of carbonyl (C=O) groups is 3. The van der Waals surface area contributed by atoms with Gasteiger partial charge < -0.3 is 23.7 Å². The van der Waals surface area contributed by atoms with Crippen LogP contribution in [0.5, 0.6) is 0 Å². The average molecular weight is 423 g/mol. The molecule has 166 valence electrons. The largest absolute Gasteiger partial charge is 0.466 e. The topological polar surface area (TPSA) is 101 Å². The molecule has 9 nitrogen and oxygen atoms in total. The standard InChI is InChI=1S/C21H29NO8/c1-2-30-19(23)7-9-26-11-13-28-15-16-29-14-12-27-10-8-22-20(24)17-5-3-4-6-18(17)21(22)25/h3-6H,2,7-16H2,1H3. The molecule has 1 heterocycles. The molecule has 9 heteroatoms. The minimum Gasteiger partial charge on any atom is -0.466 e. The zero-order valence-corrected chi connectivity index (χ0v) is 17.3. The number of fused-ring (bicyclic) bond motifs is 1. The number of amides is 2. The molecule has 1 aromatic carbocycles. The first kappa shape index (κ1) is 23.9. The third kappa shape index (κ3) is 7.83. The van der Waals surface area contributed by atoms with E-state index in [0.29, 0.717) is 64.0 Å². The van der Waals surface area contributed by atoms with Crippen molar-refractivity contribution in [1.29, 1.82) is 0 Å². The highest BCUT2D eigenvalue weighted by molar-refractivity contribution is 6.21. The van der Waals surface area contributed by atoms with E-state index < -0.39 is 0 Å². The average Bonchev–Trinajstić information content (AvgIpc) is 2.99. The molecule has 2 amide bonds. The molecule has 0 unspecified atom stereocenters. The first-order chi connectivity index (χ1) is 14.6. The van der Waals surface area contributed by atoms with Gasteiger partial charge in [-0.3, -0.25) is 19.3 Å². The zero-order valence-electron chi connectivity index (χ0n) is 17.3. The summed E-state index contributed by atoms with van der Waals surface area (Å²) >= 11 is 0. The van der Waals surface area contributed by atoms with Crippen molar-refractivity contribution in [3.8, 4) is 0 Å². The predicted molar refractivity (Wildman–Crippen MR) is 106 cm³/mol. The van der Waals surface area contributed by atoms with E-state index in [0.717, 1.165) is 0 Å². The van der Waals surface area contributed by atoms with Crippen molar-refractivity contribution in [3.63, 3.8) is 0 Å². The molecular formula is C21H29NO8. The van der Waals surface area contributed by atoms with Crippen LogP contribution in [0.2, 0.25) is 0 Å². The van der Waals surface area contributed by atoms with Gasteiger partial charge in [-0.25, -0.2) is 0 Å². The zero-order chi connectivity index (χ0) is 21.6. The van der Waals surface area contributed by atoms with Crippen molar-refractivity contribution in [3.05, 3.63) is 35.4 Å². The van der Waals surface area contributed by atoms with Crippen molar-refractivity contribution in [2.75, 3.05) is 66.0 Å². The highest BCUT2D eigenvalue weighted by Crippen LogP contribution is 2.21. The molecule has 0 spiro atoms. The lowest BCUT2D eigenvalue weighted by Crippen LogP contribution is -2.33. The molecule has 1 aliphatic heterocycles. The van der Waals surface area contributed by atoms with E-state index in [2.05, 4.69) is 0 Å². The predicted octanol–water partition coefficient (Wildman–Crippen LogP) is 1.30. The lowest BCUT2D eigenvalue weighted by Gasteiger charge is -2.13. The molecule has 2 rings (SSSR count). The second kappa shape index (κ2) is 13.8. The Labute approximate surface area is 176 Å². The molecule has 0 saturated carbocycles. The number of nitrogens with zero attached hydrogens (tertiary/aromatic N) is 1. The molecule has 30 heavy (non-hydrogen) atoms. The van der Waals surface area contributed by atoms with Gasteiger partial charge in [-0.2, -0.15) is 0 Å². The van der Waals surface area contributed by atoms with Crippen LogP contribution in [0.25, 0.3) is 0 Å². The Morgan fingerprint density at radius 3 is 1.73 bits per heavy atom. The molecule has 0 saturated heterocycles. The van der Waals surface area contributed by atoms with Crippen molar-refractivity contribution < 1.29 is 38.1 Å². The summed E-state index contributed by atoms with van der Waals surface area (Å²) in [6, 6.07) is 6.79. The Kier molecular flexibility index (Phi) is 11.0. The molecule has 0 aromatic heterocycles. The molecule has 0 radical (unpaired) electrons. The third-order valence-electron chi connectivity index (χ3n) is 4.21. The van der Waals surface area contributed by atoms with E-state index in [9.17, 15) is 14.4 Å². The van der Waals surface area contributed by atoms with Gasteiger partial charge in [0.15, 0.2) is 0 Å². The summed E-state index contributed by atoms with van der Waals surface area (Å²) in [5, 5.41) is 0. The van der Waals surface area contributed by atoms with E-state index in [1.165, 1.54) is 4.90 Å². The van der Waals surface area contributed by atoms with Gasteiger partial charge in [0, 0.05) is 0 Å². The van der Waals surface area contributed by atoms with Crippen LogP contribution >= 0.6 is 0 Å². The first-order valence-electron chi connectivity index (χ1n) is 10.1. The SMILES string of the molecule is CCOC(=O)CCOCCOCCOCCOCCN1C(=O)c2ccccc2C1=O. The number of hydrogen-bond acceptors (Lipinski definition) is 8. The van der Waals surface area contributed by atoms with E-state index in [-0.39, 0.29) is 37.4 Å². The van der Waals surface area contributed by atoms with E-state index >= 15 is 0 Å². The fourth-order valence-electron chi connectivity index (χ4n) is 2.75. The summed E-state index contributed by atoms with van der Waals surface area (Å²) in [4.78, 5) is 36.7. The smallest absolute Gasteiger partial charge is 0.308 e. The maximum atomic E-state index is 12.2. The van der Waals surface area contributed by atoms with Gasteiger partial charge in [-0.1, -0.05) is 12.1 Å². The van der Waals surface area contributed by atoms with Crippen LogP contribution in [-0.2, 0) is 28.5 Å². The molecule has 0 bridgehead atoms. The second-order valence-corrected chi connectivity index (χ2v) is 6.31. The molecule has 0 atom stereocenters. The van der Waals surface area contributed by atoms with Crippen molar-refractivity contribution in [2.45, 2.75) is 13.3 Å². The van der Waals surface area contributed by atoms with E-state index in [1.807, 2.05) is 0 Å². The Hall–Kier alpha value is -2.33. The number of ether oxygens (including phenoxy) is 5. The number of hydrogen-bond donors (Lipinski definition) is 0. The third-order valence-corrected chi connectivity index (χ3v) is 4.21. The van der Waals surface area contributed by atoms with Crippen molar-refractivity contribution >= 4 is 17.8 Å². The number of carbonyl (C=O) groups excluding carboxylic acids is 3.